The second kappa shape index (κ2) is 4.06. The van der Waals surface area contributed by atoms with Crippen molar-refractivity contribution < 1.29 is 0 Å². The first-order valence-corrected chi connectivity index (χ1v) is 5.57. The van der Waals surface area contributed by atoms with E-state index in [-0.39, 0.29) is 5.56 Å². The van der Waals surface area contributed by atoms with Gasteiger partial charge in [0.05, 0.1) is 5.69 Å². The predicted octanol–water partition coefficient (Wildman–Crippen LogP) is 2.49. The number of hydrogen-bond acceptors (Lipinski definition) is 1. The minimum absolute atomic E-state index is 0.0276. The molecule has 1 aromatic heterocycles. The van der Waals surface area contributed by atoms with E-state index in [2.05, 4.69) is 21.0 Å². The van der Waals surface area contributed by atoms with Gasteiger partial charge in [0, 0.05) is 16.2 Å². The van der Waals surface area contributed by atoms with E-state index in [9.17, 15) is 4.79 Å². The van der Waals surface area contributed by atoms with Crippen LogP contribution >= 0.6 is 15.9 Å². The fourth-order valence-electron chi connectivity index (χ4n) is 1.44. The van der Waals surface area contributed by atoms with Gasteiger partial charge >= 0.3 is 0 Å². The minimum atomic E-state index is 0.0276. The van der Waals surface area contributed by atoms with Crippen LogP contribution in [0.2, 0.25) is 0 Å². The first-order valence-electron chi connectivity index (χ1n) is 4.77. The predicted molar refractivity (Wildman–Crippen MR) is 63.5 cm³/mol. The Balaban J connectivity index is 2.50. The molecule has 0 unspecified atom stereocenters. The number of halogens is 1. The van der Waals surface area contributed by atoms with Crippen LogP contribution in [0.5, 0.6) is 0 Å². The van der Waals surface area contributed by atoms with Gasteiger partial charge in [-0.2, -0.15) is 0 Å². The van der Waals surface area contributed by atoms with Crippen LogP contribution in [0.4, 0.5) is 0 Å². The van der Waals surface area contributed by atoms with Gasteiger partial charge in [-0.1, -0.05) is 22.9 Å². The molecule has 0 fully saturated rings. The van der Waals surface area contributed by atoms with Gasteiger partial charge in [0.2, 0.25) is 0 Å². The van der Waals surface area contributed by atoms with Crippen molar-refractivity contribution in [2.24, 2.45) is 0 Å². The molecule has 0 spiro atoms. The first kappa shape index (κ1) is 10.2. The largest absolute Gasteiger partial charge is 0.298 e. The van der Waals surface area contributed by atoms with E-state index in [1.807, 2.05) is 31.2 Å². The Hall–Kier alpha value is -1.29. The van der Waals surface area contributed by atoms with Crippen LogP contribution in [0.15, 0.2) is 39.7 Å². The second-order valence-corrected chi connectivity index (χ2v) is 4.18. The zero-order valence-electron chi connectivity index (χ0n) is 8.33. The summed E-state index contributed by atoms with van der Waals surface area (Å²) in [7, 11) is 0. The highest BCUT2D eigenvalue weighted by molar-refractivity contribution is 9.10. The van der Waals surface area contributed by atoms with Crippen LogP contribution in [0.1, 0.15) is 12.5 Å². The van der Waals surface area contributed by atoms with Crippen LogP contribution in [0, 0.1) is 0 Å². The van der Waals surface area contributed by atoms with Crippen molar-refractivity contribution in [3.05, 3.63) is 50.9 Å². The fraction of sp³-hybridized carbons (Fsp3) is 0.182. The van der Waals surface area contributed by atoms with Crippen LogP contribution < -0.4 is 5.56 Å². The van der Waals surface area contributed by atoms with Gasteiger partial charge in [-0.25, -0.2) is 4.68 Å². The highest BCUT2D eigenvalue weighted by atomic mass is 79.9. The molecule has 0 saturated heterocycles. The monoisotopic (exact) mass is 266 g/mol. The molecule has 0 saturated carbocycles. The van der Waals surface area contributed by atoms with Crippen molar-refractivity contribution in [3.63, 3.8) is 0 Å². The number of rotatable bonds is 2. The van der Waals surface area contributed by atoms with Crippen LogP contribution in [0.25, 0.3) is 5.69 Å². The summed E-state index contributed by atoms with van der Waals surface area (Å²) in [4.78, 5) is 11.8. The van der Waals surface area contributed by atoms with E-state index in [1.54, 1.807) is 10.9 Å². The molecular formula is C11H11BrN2O. The second-order valence-electron chi connectivity index (χ2n) is 3.27. The van der Waals surface area contributed by atoms with Crippen LogP contribution in [0.3, 0.4) is 0 Å². The maximum Gasteiger partial charge on any atom is 0.274 e. The van der Waals surface area contributed by atoms with Crippen molar-refractivity contribution in [2.75, 3.05) is 0 Å². The standard InChI is InChI=1S/C11H11BrN2O/c1-2-8-7-13-14(11(8)15)10-5-3-9(12)4-6-10/h3-7,13H,2H2,1H3. The molecule has 0 aliphatic carbocycles. The third-order valence-corrected chi connectivity index (χ3v) is 2.84. The lowest BCUT2D eigenvalue weighted by atomic mass is 10.3. The summed E-state index contributed by atoms with van der Waals surface area (Å²) in [6.45, 7) is 1.97. The van der Waals surface area contributed by atoms with Gasteiger partial charge in [-0.05, 0) is 30.7 Å². The molecule has 15 heavy (non-hydrogen) atoms. The maximum atomic E-state index is 11.8. The van der Waals surface area contributed by atoms with Gasteiger partial charge in [-0.3, -0.25) is 9.89 Å². The number of aromatic amines is 1. The summed E-state index contributed by atoms with van der Waals surface area (Å²) >= 11 is 3.36. The van der Waals surface area contributed by atoms with Crippen molar-refractivity contribution in [3.8, 4) is 5.69 Å². The number of nitrogens with zero attached hydrogens (tertiary/aromatic N) is 1. The Morgan fingerprint density at radius 2 is 2.00 bits per heavy atom. The van der Waals surface area contributed by atoms with E-state index >= 15 is 0 Å². The summed E-state index contributed by atoms with van der Waals surface area (Å²) < 4.78 is 2.55. The Bertz CT molecular complexity index is 510. The normalized spacial score (nSPS) is 10.5. The highest BCUT2D eigenvalue weighted by Gasteiger charge is 2.05. The van der Waals surface area contributed by atoms with Gasteiger partial charge in [0.15, 0.2) is 0 Å². The van der Waals surface area contributed by atoms with E-state index in [0.717, 1.165) is 22.1 Å². The zero-order valence-corrected chi connectivity index (χ0v) is 9.91. The Labute approximate surface area is 95.9 Å². The molecule has 4 heteroatoms. The molecule has 0 radical (unpaired) electrons. The average molecular weight is 267 g/mol. The third kappa shape index (κ3) is 1.90. The number of nitrogens with one attached hydrogen (secondary N) is 1. The number of aromatic nitrogens is 2. The summed E-state index contributed by atoms with van der Waals surface area (Å²) in [6, 6.07) is 7.60. The summed E-state index contributed by atoms with van der Waals surface area (Å²) in [5.74, 6) is 0. The Morgan fingerprint density at radius 1 is 1.33 bits per heavy atom. The van der Waals surface area contributed by atoms with Crippen LogP contribution in [-0.4, -0.2) is 9.78 Å². The summed E-state index contributed by atoms with van der Waals surface area (Å²) in [5.41, 5.74) is 1.68. The third-order valence-electron chi connectivity index (χ3n) is 2.31. The van der Waals surface area contributed by atoms with E-state index < -0.39 is 0 Å². The quantitative estimate of drug-likeness (QED) is 0.891. The Kier molecular flexibility index (Phi) is 2.77. The lowest BCUT2D eigenvalue weighted by Crippen LogP contribution is -2.16. The first-order chi connectivity index (χ1) is 7.22. The van der Waals surface area contributed by atoms with E-state index in [4.69, 9.17) is 0 Å². The smallest absolute Gasteiger partial charge is 0.274 e. The Morgan fingerprint density at radius 3 is 2.53 bits per heavy atom. The van der Waals surface area contributed by atoms with Crippen molar-refractivity contribution in [1.29, 1.82) is 0 Å². The molecule has 2 aromatic rings. The average Bonchev–Trinajstić information content (AvgIpc) is 2.61. The van der Waals surface area contributed by atoms with Gasteiger partial charge < -0.3 is 0 Å². The molecular weight excluding hydrogens is 256 g/mol. The summed E-state index contributed by atoms with van der Waals surface area (Å²) in [5, 5.41) is 2.95. The number of H-pyrrole nitrogens is 1. The number of aryl methyl sites for hydroxylation is 1. The van der Waals surface area contributed by atoms with Crippen LogP contribution in [-0.2, 0) is 6.42 Å². The molecule has 1 aromatic carbocycles. The van der Waals surface area contributed by atoms with Crippen molar-refractivity contribution >= 4 is 15.9 Å². The molecule has 0 amide bonds. The molecule has 3 nitrogen and oxygen atoms in total. The van der Waals surface area contributed by atoms with Gasteiger partial charge in [0.25, 0.3) is 5.56 Å². The molecule has 0 aliphatic rings. The topological polar surface area (TPSA) is 37.8 Å². The molecule has 1 heterocycles. The minimum Gasteiger partial charge on any atom is -0.298 e. The van der Waals surface area contributed by atoms with Gasteiger partial charge in [-0.15, -0.1) is 0 Å². The number of hydrogen-bond donors (Lipinski definition) is 1. The van der Waals surface area contributed by atoms with Crippen molar-refractivity contribution in [2.45, 2.75) is 13.3 Å². The molecule has 2 rings (SSSR count). The SMILES string of the molecule is CCc1c[nH]n(-c2ccc(Br)cc2)c1=O. The lowest BCUT2D eigenvalue weighted by molar-refractivity contribution is 0.846. The van der Waals surface area contributed by atoms with E-state index in [1.165, 1.54) is 0 Å². The zero-order chi connectivity index (χ0) is 10.8. The molecule has 0 bridgehead atoms. The summed E-state index contributed by atoms with van der Waals surface area (Å²) in [6.07, 6.45) is 2.50. The fourth-order valence-corrected chi connectivity index (χ4v) is 1.71. The highest BCUT2D eigenvalue weighted by Crippen LogP contribution is 2.12. The maximum absolute atomic E-state index is 11.8. The molecule has 0 atom stereocenters. The van der Waals surface area contributed by atoms with Gasteiger partial charge in [0.1, 0.15) is 0 Å². The number of benzene rings is 1. The molecule has 78 valence electrons. The van der Waals surface area contributed by atoms with E-state index in [0.29, 0.717) is 0 Å². The van der Waals surface area contributed by atoms with Crippen molar-refractivity contribution in [1.82, 2.24) is 9.78 Å². The molecule has 1 N–H and O–H groups in total. The lowest BCUT2D eigenvalue weighted by Gasteiger charge is -2.00. The molecule has 0 aliphatic heterocycles.